The Hall–Kier alpha value is -3.12. The van der Waals surface area contributed by atoms with Gasteiger partial charge in [0.1, 0.15) is 0 Å². The highest BCUT2D eigenvalue weighted by Gasteiger charge is 2.20. The normalized spacial score (nSPS) is 14.4. The van der Waals surface area contributed by atoms with Crippen LogP contribution in [0, 0.1) is 0 Å². The monoisotopic (exact) mass is 349 g/mol. The minimum atomic E-state index is -0.645. The topological polar surface area (TPSA) is 74.4 Å². The fraction of sp³-hybridized carbons (Fsp3) is 0.200. The van der Waals surface area contributed by atoms with Gasteiger partial charge in [-0.25, -0.2) is 0 Å². The maximum atomic E-state index is 12.5. The number of ether oxygens (including phenoxy) is 1. The van der Waals surface area contributed by atoms with Crippen LogP contribution in [0.3, 0.4) is 0 Å². The minimum Gasteiger partial charge on any atom is -0.378 e. The number of Topliss-reactive ketones (excluding diaryl/α,β-unsaturated/α-hetero) is 1. The van der Waals surface area contributed by atoms with E-state index in [1.165, 1.54) is 0 Å². The van der Waals surface area contributed by atoms with Gasteiger partial charge in [0, 0.05) is 41.6 Å². The molecule has 0 unspecified atom stereocenters. The fourth-order valence-corrected chi connectivity index (χ4v) is 3.15. The second kappa shape index (κ2) is 7.01. The minimum absolute atomic E-state index is 0.378. The zero-order valence-electron chi connectivity index (χ0n) is 14.2. The third-order valence-corrected chi connectivity index (χ3v) is 4.54. The van der Waals surface area contributed by atoms with E-state index in [1.807, 2.05) is 48.5 Å². The first-order chi connectivity index (χ1) is 12.7. The number of aromatic nitrogens is 1. The van der Waals surface area contributed by atoms with Crippen LogP contribution in [-0.2, 0) is 9.53 Å². The predicted octanol–water partition coefficient (Wildman–Crippen LogP) is 2.83. The van der Waals surface area contributed by atoms with Gasteiger partial charge in [-0.1, -0.05) is 18.2 Å². The Labute approximate surface area is 150 Å². The first kappa shape index (κ1) is 16.4. The van der Waals surface area contributed by atoms with Gasteiger partial charge >= 0.3 is 0 Å². The van der Waals surface area contributed by atoms with Crippen LogP contribution in [0.4, 0.5) is 11.4 Å². The van der Waals surface area contributed by atoms with E-state index >= 15 is 0 Å². The van der Waals surface area contributed by atoms with E-state index in [2.05, 4.69) is 15.2 Å². The number of para-hydroxylation sites is 1. The molecule has 1 saturated heterocycles. The van der Waals surface area contributed by atoms with Gasteiger partial charge in [-0.05, 0) is 30.3 Å². The number of aromatic amines is 1. The zero-order valence-corrected chi connectivity index (χ0v) is 14.2. The van der Waals surface area contributed by atoms with Gasteiger partial charge in [0.2, 0.25) is 0 Å². The average Bonchev–Trinajstić information content (AvgIpc) is 3.13. The highest BCUT2D eigenvalue weighted by atomic mass is 16.5. The van der Waals surface area contributed by atoms with E-state index in [1.54, 1.807) is 6.20 Å². The van der Waals surface area contributed by atoms with Crippen LogP contribution in [0.15, 0.2) is 54.7 Å². The number of ketones is 1. The number of nitrogens with one attached hydrogen (secondary N) is 2. The molecule has 0 atom stereocenters. The second-order valence-electron chi connectivity index (χ2n) is 6.18. The number of carbonyl (C=O) groups excluding carboxylic acids is 2. The van der Waals surface area contributed by atoms with Gasteiger partial charge in [-0.3, -0.25) is 9.59 Å². The molecule has 1 aliphatic rings. The SMILES string of the molecule is O=C(Nc1ccc(N2CCOCC2)cc1)C(=O)c1c[nH]c2ccccc12. The predicted molar refractivity (Wildman–Crippen MR) is 101 cm³/mol. The number of rotatable bonds is 4. The lowest BCUT2D eigenvalue weighted by atomic mass is 10.1. The summed E-state index contributed by atoms with van der Waals surface area (Å²) in [5.41, 5.74) is 2.89. The number of hydrogen-bond acceptors (Lipinski definition) is 4. The maximum Gasteiger partial charge on any atom is 0.296 e. The molecule has 0 bridgehead atoms. The van der Waals surface area contributed by atoms with E-state index < -0.39 is 11.7 Å². The molecule has 2 N–H and O–H groups in total. The van der Waals surface area contributed by atoms with E-state index in [-0.39, 0.29) is 0 Å². The summed E-state index contributed by atoms with van der Waals surface area (Å²) in [7, 11) is 0. The van der Waals surface area contributed by atoms with Gasteiger partial charge in [0.05, 0.1) is 18.8 Å². The van der Waals surface area contributed by atoms with Gasteiger partial charge in [0.15, 0.2) is 0 Å². The number of amides is 1. The molecule has 0 radical (unpaired) electrons. The quantitative estimate of drug-likeness (QED) is 0.561. The summed E-state index contributed by atoms with van der Waals surface area (Å²) in [4.78, 5) is 30.1. The van der Waals surface area contributed by atoms with Crippen LogP contribution in [0.2, 0.25) is 0 Å². The van der Waals surface area contributed by atoms with Crippen LogP contribution >= 0.6 is 0 Å². The smallest absolute Gasteiger partial charge is 0.296 e. The summed E-state index contributed by atoms with van der Waals surface area (Å²) in [5.74, 6) is -1.20. The molecule has 132 valence electrons. The highest BCUT2D eigenvalue weighted by Crippen LogP contribution is 2.21. The van der Waals surface area contributed by atoms with Crippen LogP contribution < -0.4 is 10.2 Å². The number of H-pyrrole nitrogens is 1. The molecule has 6 nitrogen and oxygen atoms in total. The van der Waals surface area contributed by atoms with Crippen LogP contribution in [0.25, 0.3) is 10.9 Å². The standard InChI is InChI=1S/C20H19N3O3/c24-19(17-13-21-18-4-2-1-3-16(17)18)20(25)22-14-5-7-15(8-6-14)23-9-11-26-12-10-23/h1-8,13,21H,9-12H2,(H,22,25). The first-order valence-electron chi connectivity index (χ1n) is 8.57. The highest BCUT2D eigenvalue weighted by molar-refractivity contribution is 6.48. The van der Waals surface area contributed by atoms with Crippen molar-refractivity contribution in [1.29, 1.82) is 0 Å². The molecule has 0 aliphatic carbocycles. The van der Waals surface area contributed by atoms with Crippen LogP contribution in [-0.4, -0.2) is 43.0 Å². The third kappa shape index (κ3) is 3.19. The van der Waals surface area contributed by atoms with Gasteiger partial charge in [-0.2, -0.15) is 0 Å². The summed E-state index contributed by atoms with van der Waals surface area (Å²) in [6.45, 7) is 3.14. The molecule has 1 aromatic heterocycles. The Bertz CT molecular complexity index is 940. The van der Waals surface area contributed by atoms with Crippen LogP contribution in [0.5, 0.6) is 0 Å². The van der Waals surface area contributed by atoms with E-state index in [9.17, 15) is 9.59 Å². The molecule has 26 heavy (non-hydrogen) atoms. The largest absolute Gasteiger partial charge is 0.378 e. The lowest BCUT2D eigenvalue weighted by Gasteiger charge is -2.28. The molecule has 2 heterocycles. The first-order valence-corrected chi connectivity index (χ1v) is 8.57. The molecule has 2 aromatic carbocycles. The van der Waals surface area contributed by atoms with Crippen molar-refractivity contribution in [2.45, 2.75) is 0 Å². The van der Waals surface area contributed by atoms with Gasteiger partial charge in [0.25, 0.3) is 11.7 Å². The van der Waals surface area contributed by atoms with Crippen molar-refractivity contribution in [2.24, 2.45) is 0 Å². The maximum absolute atomic E-state index is 12.5. The molecule has 0 saturated carbocycles. The number of benzene rings is 2. The number of morpholine rings is 1. The zero-order chi connectivity index (χ0) is 17.9. The Morgan fingerprint density at radius 3 is 2.50 bits per heavy atom. The molecule has 0 spiro atoms. The lowest BCUT2D eigenvalue weighted by Crippen LogP contribution is -2.36. The Balaban J connectivity index is 1.46. The fourth-order valence-electron chi connectivity index (χ4n) is 3.15. The number of fused-ring (bicyclic) bond motifs is 1. The van der Waals surface area contributed by atoms with Crippen molar-refractivity contribution < 1.29 is 14.3 Å². The van der Waals surface area contributed by atoms with E-state index in [0.717, 1.165) is 42.9 Å². The summed E-state index contributed by atoms with van der Waals surface area (Å²) in [6, 6.07) is 14.9. The Kier molecular flexibility index (Phi) is 4.41. The van der Waals surface area contributed by atoms with E-state index in [0.29, 0.717) is 11.3 Å². The van der Waals surface area contributed by atoms with Gasteiger partial charge in [-0.15, -0.1) is 0 Å². The van der Waals surface area contributed by atoms with Crippen LogP contribution in [0.1, 0.15) is 10.4 Å². The average molecular weight is 349 g/mol. The summed E-state index contributed by atoms with van der Waals surface area (Å²) < 4.78 is 5.35. The van der Waals surface area contributed by atoms with Crippen molar-refractivity contribution in [3.63, 3.8) is 0 Å². The van der Waals surface area contributed by atoms with Crippen molar-refractivity contribution in [3.8, 4) is 0 Å². The molecule has 1 fully saturated rings. The van der Waals surface area contributed by atoms with Crippen molar-refractivity contribution >= 4 is 34.0 Å². The number of carbonyl (C=O) groups is 2. The summed E-state index contributed by atoms with van der Waals surface area (Å²) in [5, 5.41) is 3.42. The molecular weight excluding hydrogens is 330 g/mol. The lowest BCUT2D eigenvalue weighted by molar-refractivity contribution is -0.112. The number of hydrogen-bond donors (Lipinski definition) is 2. The molecule has 3 aromatic rings. The third-order valence-electron chi connectivity index (χ3n) is 4.54. The molecule has 4 rings (SSSR count). The molecule has 1 aliphatic heterocycles. The van der Waals surface area contributed by atoms with Gasteiger partial charge < -0.3 is 19.9 Å². The van der Waals surface area contributed by atoms with Crippen molar-refractivity contribution in [2.75, 3.05) is 36.5 Å². The molecule has 6 heteroatoms. The summed E-state index contributed by atoms with van der Waals surface area (Å²) in [6.07, 6.45) is 1.58. The second-order valence-corrected chi connectivity index (χ2v) is 6.18. The molecule has 1 amide bonds. The number of nitrogens with zero attached hydrogens (tertiary/aromatic N) is 1. The van der Waals surface area contributed by atoms with E-state index in [4.69, 9.17) is 4.74 Å². The summed E-state index contributed by atoms with van der Waals surface area (Å²) >= 11 is 0. The Morgan fingerprint density at radius 1 is 1.00 bits per heavy atom. The molecular formula is C20H19N3O3. The van der Waals surface area contributed by atoms with Crippen molar-refractivity contribution in [3.05, 3.63) is 60.3 Å². The number of anilines is 2. The Morgan fingerprint density at radius 2 is 1.73 bits per heavy atom. The van der Waals surface area contributed by atoms with Crippen molar-refractivity contribution in [1.82, 2.24) is 4.98 Å².